The number of nitrogens with one attached hydrogen (secondary N) is 2. The molecule has 0 saturated carbocycles. The molecule has 2 amide bonds. The summed E-state index contributed by atoms with van der Waals surface area (Å²) in [6, 6.07) is 10.0. The van der Waals surface area contributed by atoms with Gasteiger partial charge in [-0.2, -0.15) is 0 Å². The van der Waals surface area contributed by atoms with Gasteiger partial charge in [-0.05, 0) is 30.7 Å². The molecular weight excluding hydrogens is 454 g/mol. The molecule has 0 saturated heterocycles. The predicted octanol–water partition coefficient (Wildman–Crippen LogP) is 1.87. The number of amides is 2. The van der Waals surface area contributed by atoms with Gasteiger partial charge < -0.3 is 20.2 Å². The number of nitrogens with two attached hydrogens (primary N) is 1. The highest BCUT2D eigenvalue weighted by Gasteiger charge is 2.25. The highest BCUT2D eigenvalue weighted by molar-refractivity contribution is 5.98. The van der Waals surface area contributed by atoms with Crippen molar-refractivity contribution in [2.24, 2.45) is 0 Å². The molecule has 0 aliphatic heterocycles. The minimum Gasteiger partial charge on any atom is -0.496 e. The Bertz CT molecular complexity index is 1280. The summed E-state index contributed by atoms with van der Waals surface area (Å²) < 4.78 is 11.8. The monoisotopic (exact) mass is 483 g/mol. The van der Waals surface area contributed by atoms with E-state index in [0.29, 0.717) is 30.0 Å². The molecule has 35 heavy (non-hydrogen) atoms. The summed E-state index contributed by atoms with van der Waals surface area (Å²) in [6.07, 6.45) is 2.79. The molecule has 0 spiro atoms. The summed E-state index contributed by atoms with van der Waals surface area (Å²) in [4.78, 5) is 54.3. The summed E-state index contributed by atoms with van der Waals surface area (Å²) in [5.41, 5.74) is 4.99. The number of carbonyl (C=O) groups is 2. The van der Waals surface area contributed by atoms with Crippen LogP contribution < -0.4 is 31.9 Å². The lowest BCUT2D eigenvalue weighted by molar-refractivity contribution is -0.118. The Hall–Kier alpha value is -4.28. The molecule has 11 nitrogen and oxygen atoms in total. The van der Waals surface area contributed by atoms with Gasteiger partial charge in [-0.1, -0.05) is 25.5 Å². The number of benzene rings is 1. The molecular formula is C24H29N5O6. The van der Waals surface area contributed by atoms with Crippen molar-refractivity contribution < 1.29 is 18.7 Å². The van der Waals surface area contributed by atoms with Gasteiger partial charge in [0.25, 0.3) is 11.5 Å². The van der Waals surface area contributed by atoms with Crippen molar-refractivity contribution in [1.29, 1.82) is 0 Å². The summed E-state index contributed by atoms with van der Waals surface area (Å²) in [5.74, 6) is -0.172. The third-order valence-electron chi connectivity index (χ3n) is 5.39. The second kappa shape index (κ2) is 11.7. The molecule has 1 aromatic carbocycles. The number of aromatic nitrogens is 2. The number of aromatic amines is 1. The van der Waals surface area contributed by atoms with Crippen molar-refractivity contribution in [3.8, 4) is 5.75 Å². The van der Waals surface area contributed by atoms with Crippen LogP contribution in [0.1, 0.15) is 42.3 Å². The van der Waals surface area contributed by atoms with Crippen LogP contribution in [0, 0.1) is 0 Å². The van der Waals surface area contributed by atoms with Crippen LogP contribution in [0.3, 0.4) is 0 Å². The van der Waals surface area contributed by atoms with Crippen LogP contribution in [0.2, 0.25) is 0 Å². The maximum atomic E-state index is 13.2. The zero-order valence-corrected chi connectivity index (χ0v) is 19.7. The number of anilines is 2. The molecule has 2 heterocycles. The van der Waals surface area contributed by atoms with Crippen LogP contribution in [-0.4, -0.2) is 35.0 Å². The molecule has 0 bridgehead atoms. The minimum atomic E-state index is -0.779. The predicted molar refractivity (Wildman–Crippen MR) is 130 cm³/mol. The number of unbranched alkanes of at least 4 members (excludes halogenated alkanes) is 1. The first-order valence-corrected chi connectivity index (χ1v) is 11.2. The zero-order chi connectivity index (χ0) is 25.4. The lowest BCUT2D eigenvalue weighted by atomic mass is 10.2. The quantitative estimate of drug-likeness (QED) is 0.376. The first kappa shape index (κ1) is 25.3. The zero-order valence-electron chi connectivity index (χ0n) is 19.7. The van der Waals surface area contributed by atoms with E-state index in [9.17, 15) is 19.2 Å². The van der Waals surface area contributed by atoms with Crippen molar-refractivity contribution in [1.82, 2.24) is 14.9 Å². The number of hydrogen-bond acceptors (Lipinski definition) is 7. The smallest absolute Gasteiger partial charge is 0.330 e. The summed E-state index contributed by atoms with van der Waals surface area (Å²) in [6.45, 7) is 2.17. The summed E-state index contributed by atoms with van der Waals surface area (Å²) in [5, 5.41) is 2.69. The second-order valence-electron chi connectivity index (χ2n) is 7.76. The Balaban J connectivity index is 1.84. The number of rotatable bonds is 11. The van der Waals surface area contributed by atoms with E-state index >= 15 is 0 Å². The molecule has 3 rings (SSSR count). The lowest BCUT2D eigenvalue weighted by Gasteiger charge is -2.24. The van der Waals surface area contributed by atoms with Gasteiger partial charge >= 0.3 is 5.69 Å². The normalized spacial score (nSPS) is 10.7. The van der Waals surface area contributed by atoms with Gasteiger partial charge in [0.2, 0.25) is 5.91 Å². The molecule has 0 atom stereocenters. The number of carbonyl (C=O) groups excluding carboxylic acids is 2. The molecule has 2 aromatic heterocycles. The van der Waals surface area contributed by atoms with E-state index in [1.54, 1.807) is 36.4 Å². The van der Waals surface area contributed by atoms with Crippen molar-refractivity contribution in [3.63, 3.8) is 0 Å². The van der Waals surface area contributed by atoms with E-state index in [2.05, 4.69) is 10.3 Å². The lowest BCUT2D eigenvalue weighted by Crippen LogP contribution is -2.41. The molecule has 3 aromatic rings. The first-order valence-electron chi connectivity index (χ1n) is 11.2. The van der Waals surface area contributed by atoms with Crippen molar-refractivity contribution in [2.45, 2.75) is 39.3 Å². The van der Waals surface area contributed by atoms with E-state index in [0.717, 1.165) is 6.42 Å². The Kier molecular flexibility index (Phi) is 8.49. The maximum absolute atomic E-state index is 13.2. The number of furan rings is 1. The van der Waals surface area contributed by atoms with Crippen LogP contribution in [0.15, 0.2) is 56.7 Å². The molecule has 0 aliphatic rings. The van der Waals surface area contributed by atoms with Gasteiger partial charge in [-0.15, -0.1) is 0 Å². The highest BCUT2D eigenvalue weighted by atomic mass is 16.5. The van der Waals surface area contributed by atoms with E-state index < -0.39 is 23.1 Å². The number of nitrogen functional groups attached to an aromatic ring is 1. The number of H-pyrrole nitrogens is 1. The molecule has 0 unspecified atom stereocenters. The van der Waals surface area contributed by atoms with Crippen molar-refractivity contribution in [3.05, 3.63) is 74.8 Å². The number of para-hydroxylation sites is 1. The molecule has 0 radical (unpaired) electrons. The number of hydrogen-bond donors (Lipinski definition) is 3. The molecule has 4 N–H and O–H groups in total. The molecule has 0 aliphatic carbocycles. The SMILES string of the molecule is CCCCn1c(N)c(N(Cc2ccco2)C(=O)CCNC(=O)c2ccccc2OC)c(=O)[nH]c1=O. The van der Waals surface area contributed by atoms with Crippen LogP contribution >= 0.6 is 0 Å². The van der Waals surface area contributed by atoms with Crippen LogP contribution in [0.25, 0.3) is 0 Å². The topological polar surface area (TPSA) is 153 Å². The largest absolute Gasteiger partial charge is 0.496 e. The molecule has 11 heteroatoms. The second-order valence-corrected chi connectivity index (χ2v) is 7.76. The number of nitrogens with zero attached hydrogens (tertiary/aromatic N) is 2. The fourth-order valence-corrected chi connectivity index (χ4v) is 3.57. The average molecular weight is 484 g/mol. The van der Waals surface area contributed by atoms with Crippen molar-refractivity contribution in [2.75, 3.05) is 24.3 Å². The van der Waals surface area contributed by atoms with E-state index in [1.807, 2.05) is 6.92 Å². The highest BCUT2D eigenvalue weighted by Crippen LogP contribution is 2.21. The van der Waals surface area contributed by atoms with E-state index in [-0.39, 0.29) is 31.0 Å². The summed E-state index contributed by atoms with van der Waals surface area (Å²) in [7, 11) is 1.46. The van der Waals surface area contributed by atoms with Crippen LogP contribution in [0.5, 0.6) is 5.75 Å². The van der Waals surface area contributed by atoms with Crippen molar-refractivity contribution >= 4 is 23.3 Å². The van der Waals surface area contributed by atoms with Crippen LogP contribution in [0.4, 0.5) is 11.5 Å². The molecule has 186 valence electrons. The first-order chi connectivity index (χ1) is 16.9. The third-order valence-corrected chi connectivity index (χ3v) is 5.39. The van der Waals surface area contributed by atoms with Gasteiger partial charge in [-0.25, -0.2) is 4.79 Å². The Morgan fingerprint density at radius 1 is 1.20 bits per heavy atom. The number of methoxy groups -OCH3 is 1. The third kappa shape index (κ3) is 5.99. The van der Waals surface area contributed by atoms with Gasteiger partial charge in [0.1, 0.15) is 17.3 Å². The average Bonchev–Trinajstić information content (AvgIpc) is 3.36. The number of ether oxygens (including phenoxy) is 1. The fourth-order valence-electron chi connectivity index (χ4n) is 3.57. The van der Waals surface area contributed by atoms with E-state index in [1.165, 1.54) is 22.8 Å². The Labute approximate surface area is 201 Å². The van der Waals surface area contributed by atoms with Crippen LogP contribution in [-0.2, 0) is 17.9 Å². The fraction of sp³-hybridized carbons (Fsp3) is 0.333. The Morgan fingerprint density at radius 3 is 2.66 bits per heavy atom. The Morgan fingerprint density at radius 2 is 1.97 bits per heavy atom. The maximum Gasteiger partial charge on any atom is 0.330 e. The van der Waals surface area contributed by atoms with Gasteiger partial charge in [0.05, 0.1) is 25.5 Å². The summed E-state index contributed by atoms with van der Waals surface area (Å²) >= 11 is 0. The van der Waals surface area contributed by atoms with Gasteiger partial charge in [0, 0.05) is 19.5 Å². The van der Waals surface area contributed by atoms with E-state index in [4.69, 9.17) is 14.9 Å². The van der Waals surface area contributed by atoms with Gasteiger partial charge in [-0.3, -0.25) is 28.8 Å². The minimum absolute atomic E-state index is 0.00233. The standard InChI is InChI=1S/C24H29N5O6/c1-3-4-13-28-21(25)20(23(32)27-24(28)33)29(15-16-8-7-14-35-16)19(30)11-12-26-22(31)17-9-5-6-10-18(17)34-2/h5-10,14H,3-4,11-13,15,25H2,1-2H3,(H,26,31)(H,27,32,33). The van der Waals surface area contributed by atoms with Gasteiger partial charge in [0.15, 0.2) is 5.69 Å². The molecule has 0 fully saturated rings.